The van der Waals surface area contributed by atoms with E-state index in [1.807, 2.05) is 11.4 Å². The van der Waals surface area contributed by atoms with E-state index in [-0.39, 0.29) is 10.8 Å². The van der Waals surface area contributed by atoms with Crippen LogP contribution in [0.15, 0.2) is 32.3 Å². The Hall–Kier alpha value is 0.0800. The zero-order valence-corrected chi connectivity index (χ0v) is 13.1. The van der Waals surface area contributed by atoms with Gasteiger partial charge in [0.05, 0.1) is 4.34 Å². The summed E-state index contributed by atoms with van der Waals surface area (Å²) in [5, 5.41) is 1.90. The zero-order valence-electron chi connectivity index (χ0n) is 8.31. The van der Waals surface area contributed by atoms with Crippen molar-refractivity contribution in [2.75, 3.05) is 0 Å². The number of hydrogen-bond donors (Lipinski definition) is 1. The van der Waals surface area contributed by atoms with Gasteiger partial charge in [-0.15, -0.1) is 22.7 Å². The van der Waals surface area contributed by atoms with E-state index < -0.39 is 10.0 Å². The summed E-state index contributed by atoms with van der Waals surface area (Å²) in [4.78, 5) is 0.941. The molecule has 0 unspecified atom stereocenters. The lowest BCUT2D eigenvalue weighted by atomic mass is 10.5. The molecule has 0 spiro atoms. The fourth-order valence-electron chi connectivity index (χ4n) is 1.13. The number of sulfonamides is 1. The second kappa shape index (κ2) is 5.38. The van der Waals surface area contributed by atoms with Crippen LogP contribution in [0.4, 0.5) is 0 Å². The highest BCUT2D eigenvalue weighted by Gasteiger charge is 2.16. The van der Waals surface area contributed by atoms with E-state index in [9.17, 15) is 8.42 Å². The molecule has 2 rings (SSSR count). The van der Waals surface area contributed by atoms with E-state index in [1.54, 1.807) is 6.07 Å². The van der Waals surface area contributed by atoms with Crippen LogP contribution >= 0.6 is 50.2 Å². The van der Waals surface area contributed by atoms with E-state index >= 15 is 0 Å². The van der Waals surface area contributed by atoms with Crippen molar-refractivity contribution in [1.29, 1.82) is 0 Å². The van der Waals surface area contributed by atoms with Gasteiger partial charge in [0.1, 0.15) is 4.21 Å². The van der Waals surface area contributed by atoms with Crippen LogP contribution in [-0.4, -0.2) is 8.42 Å². The van der Waals surface area contributed by atoms with Crippen molar-refractivity contribution < 1.29 is 8.42 Å². The number of thiophene rings is 2. The quantitative estimate of drug-likeness (QED) is 0.889. The molecule has 2 heterocycles. The van der Waals surface area contributed by atoms with Crippen LogP contribution in [-0.2, 0) is 16.6 Å². The van der Waals surface area contributed by atoms with Gasteiger partial charge in [-0.05, 0) is 39.5 Å². The third-order valence-electron chi connectivity index (χ3n) is 1.93. The lowest BCUT2D eigenvalue weighted by Gasteiger charge is -2.03. The summed E-state index contributed by atoms with van der Waals surface area (Å²) in [6.45, 7) is 0.274. The van der Waals surface area contributed by atoms with Gasteiger partial charge in [-0.2, -0.15) is 0 Å². The van der Waals surface area contributed by atoms with Crippen LogP contribution in [0.3, 0.4) is 0 Å². The molecule has 0 aliphatic rings. The molecule has 0 saturated heterocycles. The lowest BCUT2D eigenvalue weighted by Crippen LogP contribution is -2.21. The molecule has 2 aromatic heterocycles. The predicted molar refractivity (Wildman–Crippen MR) is 75.4 cm³/mol. The maximum atomic E-state index is 11.9. The Morgan fingerprint density at radius 3 is 2.65 bits per heavy atom. The molecule has 17 heavy (non-hydrogen) atoms. The molecule has 0 saturated carbocycles. The van der Waals surface area contributed by atoms with Gasteiger partial charge >= 0.3 is 0 Å². The predicted octanol–water partition coefficient (Wildman–Crippen LogP) is 3.70. The SMILES string of the molecule is O=S(=O)(NCc1sccc1Br)c1ccc(Cl)s1. The summed E-state index contributed by atoms with van der Waals surface area (Å²) < 4.78 is 27.9. The van der Waals surface area contributed by atoms with Gasteiger partial charge in [0.2, 0.25) is 10.0 Å². The largest absolute Gasteiger partial charge is 0.250 e. The summed E-state index contributed by atoms with van der Waals surface area (Å²) >= 11 is 11.6. The second-order valence-corrected chi connectivity index (χ2v) is 8.64. The summed E-state index contributed by atoms with van der Waals surface area (Å²) in [5.41, 5.74) is 0. The summed E-state index contributed by atoms with van der Waals surface area (Å²) in [7, 11) is -3.46. The molecule has 3 nitrogen and oxygen atoms in total. The van der Waals surface area contributed by atoms with Crippen molar-refractivity contribution in [1.82, 2.24) is 4.72 Å². The monoisotopic (exact) mass is 371 g/mol. The van der Waals surface area contributed by atoms with Gasteiger partial charge in [-0.25, -0.2) is 13.1 Å². The zero-order chi connectivity index (χ0) is 12.5. The fourth-order valence-corrected chi connectivity index (χ4v) is 5.17. The van der Waals surface area contributed by atoms with Crippen LogP contribution in [0.25, 0.3) is 0 Å². The van der Waals surface area contributed by atoms with E-state index in [1.165, 1.54) is 17.4 Å². The second-order valence-electron chi connectivity index (χ2n) is 3.07. The molecular formula is C9H7BrClNO2S3. The third kappa shape index (κ3) is 3.30. The van der Waals surface area contributed by atoms with Crippen molar-refractivity contribution in [2.24, 2.45) is 0 Å². The highest BCUT2D eigenvalue weighted by molar-refractivity contribution is 9.10. The van der Waals surface area contributed by atoms with Gasteiger partial charge < -0.3 is 0 Å². The normalized spacial score (nSPS) is 11.9. The molecule has 0 amide bonds. The first-order valence-electron chi connectivity index (χ1n) is 4.46. The highest BCUT2D eigenvalue weighted by atomic mass is 79.9. The van der Waals surface area contributed by atoms with E-state index in [2.05, 4.69) is 20.7 Å². The van der Waals surface area contributed by atoms with Gasteiger partial charge in [0, 0.05) is 15.9 Å². The van der Waals surface area contributed by atoms with Crippen molar-refractivity contribution >= 4 is 60.2 Å². The third-order valence-corrected chi connectivity index (χ3v) is 6.98. The Morgan fingerprint density at radius 1 is 1.35 bits per heavy atom. The molecule has 0 atom stereocenters. The molecule has 0 bridgehead atoms. The maximum absolute atomic E-state index is 11.9. The Kier molecular flexibility index (Phi) is 4.27. The molecule has 0 radical (unpaired) electrons. The van der Waals surface area contributed by atoms with Crippen LogP contribution in [0, 0.1) is 0 Å². The fraction of sp³-hybridized carbons (Fsp3) is 0.111. The maximum Gasteiger partial charge on any atom is 0.250 e. The summed E-state index contributed by atoms with van der Waals surface area (Å²) in [6, 6.07) is 4.96. The molecule has 0 fully saturated rings. The minimum Gasteiger partial charge on any atom is -0.206 e. The van der Waals surface area contributed by atoms with Crippen molar-refractivity contribution in [3.63, 3.8) is 0 Å². The van der Waals surface area contributed by atoms with E-state index in [0.717, 1.165) is 20.7 Å². The number of nitrogens with one attached hydrogen (secondary N) is 1. The first-order valence-corrected chi connectivity index (χ1v) is 8.81. The average Bonchev–Trinajstić information content (AvgIpc) is 2.85. The minimum absolute atomic E-state index is 0.232. The van der Waals surface area contributed by atoms with Crippen molar-refractivity contribution in [3.05, 3.63) is 37.3 Å². The molecule has 1 N–H and O–H groups in total. The number of halogens is 2. The molecule has 2 aromatic rings. The Balaban J connectivity index is 2.11. The van der Waals surface area contributed by atoms with Crippen LogP contribution in [0.2, 0.25) is 4.34 Å². The Labute approximate surface area is 121 Å². The van der Waals surface area contributed by atoms with Crippen LogP contribution in [0.5, 0.6) is 0 Å². The summed E-state index contributed by atoms with van der Waals surface area (Å²) in [5.74, 6) is 0. The first-order chi connectivity index (χ1) is 7.99. The molecule has 0 aromatic carbocycles. The number of hydrogen-bond acceptors (Lipinski definition) is 4. The lowest BCUT2D eigenvalue weighted by molar-refractivity contribution is 0.584. The molecular weight excluding hydrogens is 366 g/mol. The molecule has 8 heteroatoms. The standard InChI is InChI=1S/C9H7BrClNO2S3/c10-6-3-4-15-7(6)5-12-17(13,14)9-2-1-8(11)16-9/h1-4,12H,5H2. The van der Waals surface area contributed by atoms with Gasteiger partial charge in [-0.1, -0.05) is 11.6 Å². The number of rotatable bonds is 4. The first kappa shape index (κ1) is 13.5. The van der Waals surface area contributed by atoms with Gasteiger partial charge in [0.15, 0.2) is 0 Å². The minimum atomic E-state index is -3.46. The molecule has 92 valence electrons. The highest BCUT2D eigenvalue weighted by Crippen LogP contribution is 2.26. The van der Waals surface area contributed by atoms with E-state index in [4.69, 9.17) is 11.6 Å². The van der Waals surface area contributed by atoms with Crippen molar-refractivity contribution in [2.45, 2.75) is 10.8 Å². The van der Waals surface area contributed by atoms with E-state index in [0.29, 0.717) is 4.34 Å². The topological polar surface area (TPSA) is 46.2 Å². The Morgan fingerprint density at radius 2 is 2.12 bits per heavy atom. The molecule has 0 aliphatic heterocycles. The summed E-state index contributed by atoms with van der Waals surface area (Å²) in [6.07, 6.45) is 0. The van der Waals surface area contributed by atoms with Gasteiger partial charge in [-0.3, -0.25) is 0 Å². The smallest absolute Gasteiger partial charge is 0.206 e. The van der Waals surface area contributed by atoms with Crippen LogP contribution in [0.1, 0.15) is 4.88 Å². The van der Waals surface area contributed by atoms with Crippen molar-refractivity contribution in [3.8, 4) is 0 Å². The van der Waals surface area contributed by atoms with Crippen LogP contribution < -0.4 is 4.72 Å². The molecule has 0 aliphatic carbocycles. The Bertz CT molecular complexity index is 620. The average molecular weight is 373 g/mol. The van der Waals surface area contributed by atoms with Gasteiger partial charge in [0.25, 0.3) is 0 Å².